The zero-order valence-electron chi connectivity index (χ0n) is 11.1. The average molecular weight is 268 g/mol. The van der Waals surface area contributed by atoms with Gasteiger partial charge in [-0.3, -0.25) is 0 Å². The molecular weight excluding hydrogens is 248 g/mol. The van der Waals surface area contributed by atoms with Gasteiger partial charge in [-0.15, -0.1) is 0 Å². The summed E-state index contributed by atoms with van der Waals surface area (Å²) in [6.45, 7) is 2.13. The molecule has 0 bridgehead atoms. The number of aliphatic hydroxyl groups is 1. The Labute approximate surface area is 112 Å². The van der Waals surface area contributed by atoms with Gasteiger partial charge in [0.05, 0.1) is 20.3 Å². The van der Waals surface area contributed by atoms with Crippen LogP contribution in [0.4, 0.5) is 0 Å². The maximum atomic E-state index is 10.5. The van der Waals surface area contributed by atoms with Crippen molar-refractivity contribution >= 4 is 11.8 Å². The van der Waals surface area contributed by atoms with E-state index in [0.29, 0.717) is 11.5 Å². The summed E-state index contributed by atoms with van der Waals surface area (Å²) in [5, 5.41) is 10.5. The number of hydrogen-bond acceptors (Lipinski definition) is 4. The predicted octanol–water partition coefficient (Wildman–Crippen LogP) is 3.02. The van der Waals surface area contributed by atoms with E-state index in [0.717, 1.165) is 17.7 Å². The van der Waals surface area contributed by atoms with Gasteiger partial charge < -0.3 is 14.6 Å². The highest BCUT2D eigenvalue weighted by molar-refractivity contribution is 8.00. The van der Waals surface area contributed by atoms with Crippen LogP contribution in [-0.4, -0.2) is 29.8 Å². The first-order valence-electron chi connectivity index (χ1n) is 6.14. The number of hydrogen-bond donors (Lipinski definition) is 1. The number of aliphatic hydroxyl groups excluding tert-OH is 1. The largest absolute Gasteiger partial charge is 0.493 e. The Balaban J connectivity index is 2.27. The van der Waals surface area contributed by atoms with Crippen molar-refractivity contribution in [2.24, 2.45) is 0 Å². The lowest BCUT2D eigenvalue weighted by Gasteiger charge is -2.29. The Bertz CT molecular complexity index is 414. The summed E-state index contributed by atoms with van der Waals surface area (Å²) in [5.41, 5.74) is 0.893. The Morgan fingerprint density at radius 3 is 2.56 bits per heavy atom. The molecule has 1 saturated heterocycles. The highest BCUT2D eigenvalue weighted by atomic mass is 32.2. The molecule has 0 spiro atoms. The minimum atomic E-state index is -0.468. The van der Waals surface area contributed by atoms with Crippen molar-refractivity contribution in [1.82, 2.24) is 0 Å². The normalized spacial score (nSPS) is 24.9. The molecular formula is C14H20O3S. The molecule has 0 saturated carbocycles. The summed E-state index contributed by atoms with van der Waals surface area (Å²) >= 11 is 1.85. The Morgan fingerprint density at radius 2 is 2.00 bits per heavy atom. The average Bonchev–Trinajstić information content (AvgIpc) is 2.85. The second-order valence-electron chi connectivity index (χ2n) is 4.78. The Hall–Kier alpha value is -0.870. The standard InChI is InChI=1S/C14H20O3S/c1-14(7-4-8-18-14)13(15)10-5-6-11(16-2)12(9-10)17-3/h5-6,9,13,15H,4,7-8H2,1-3H3. The Morgan fingerprint density at radius 1 is 1.28 bits per heavy atom. The van der Waals surface area contributed by atoms with Crippen LogP contribution in [0.15, 0.2) is 18.2 Å². The van der Waals surface area contributed by atoms with E-state index in [4.69, 9.17) is 9.47 Å². The van der Waals surface area contributed by atoms with Gasteiger partial charge in [0.15, 0.2) is 11.5 Å². The van der Waals surface area contributed by atoms with Crippen LogP contribution in [0.1, 0.15) is 31.4 Å². The lowest BCUT2D eigenvalue weighted by Crippen LogP contribution is -2.26. The van der Waals surface area contributed by atoms with E-state index in [9.17, 15) is 5.11 Å². The van der Waals surface area contributed by atoms with Gasteiger partial charge in [-0.2, -0.15) is 11.8 Å². The molecule has 18 heavy (non-hydrogen) atoms. The lowest BCUT2D eigenvalue weighted by molar-refractivity contribution is 0.134. The molecule has 0 aromatic heterocycles. The van der Waals surface area contributed by atoms with Crippen molar-refractivity contribution in [2.45, 2.75) is 30.6 Å². The molecule has 2 atom stereocenters. The molecule has 1 aliphatic heterocycles. The van der Waals surface area contributed by atoms with Crippen molar-refractivity contribution in [1.29, 1.82) is 0 Å². The van der Waals surface area contributed by atoms with Gasteiger partial charge >= 0.3 is 0 Å². The minimum absolute atomic E-state index is 0.0837. The van der Waals surface area contributed by atoms with Crippen LogP contribution in [0.25, 0.3) is 0 Å². The highest BCUT2D eigenvalue weighted by Crippen LogP contribution is 2.47. The fraction of sp³-hybridized carbons (Fsp3) is 0.571. The van der Waals surface area contributed by atoms with Gasteiger partial charge in [0.1, 0.15) is 0 Å². The van der Waals surface area contributed by atoms with Gasteiger partial charge in [0.25, 0.3) is 0 Å². The molecule has 2 unspecified atom stereocenters. The lowest BCUT2D eigenvalue weighted by atomic mass is 9.92. The maximum absolute atomic E-state index is 10.5. The monoisotopic (exact) mass is 268 g/mol. The van der Waals surface area contributed by atoms with Crippen molar-refractivity contribution in [3.05, 3.63) is 23.8 Å². The van der Waals surface area contributed by atoms with E-state index in [1.807, 2.05) is 30.0 Å². The number of ether oxygens (including phenoxy) is 2. The topological polar surface area (TPSA) is 38.7 Å². The van der Waals surface area contributed by atoms with Gasteiger partial charge in [-0.25, -0.2) is 0 Å². The van der Waals surface area contributed by atoms with E-state index in [1.165, 1.54) is 6.42 Å². The zero-order chi connectivity index (χ0) is 13.2. The number of methoxy groups -OCH3 is 2. The number of benzene rings is 1. The molecule has 100 valence electrons. The van der Waals surface area contributed by atoms with Gasteiger partial charge in [-0.05, 0) is 43.2 Å². The molecule has 0 aliphatic carbocycles. The van der Waals surface area contributed by atoms with Crippen LogP contribution in [0, 0.1) is 0 Å². The van der Waals surface area contributed by atoms with Crippen LogP contribution in [0.2, 0.25) is 0 Å². The number of rotatable bonds is 4. The molecule has 1 aromatic rings. The summed E-state index contributed by atoms with van der Waals surface area (Å²) in [4.78, 5) is 0. The van der Waals surface area contributed by atoms with Crippen LogP contribution in [0.3, 0.4) is 0 Å². The van der Waals surface area contributed by atoms with Crippen molar-refractivity contribution in [3.8, 4) is 11.5 Å². The van der Waals surface area contributed by atoms with Crippen molar-refractivity contribution < 1.29 is 14.6 Å². The zero-order valence-corrected chi connectivity index (χ0v) is 11.9. The molecule has 2 rings (SSSR count). The molecule has 1 fully saturated rings. The molecule has 1 N–H and O–H groups in total. The summed E-state index contributed by atoms with van der Waals surface area (Å²) in [5.74, 6) is 2.49. The quantitative estimate of drug-likeness (QED) is 0.911. The van der Waals surface area contributed by atoms with Gasteiger partial charge in [0.2, 0.25) is 0 Å². The van der Waals surface area contributed by atoms with Crippen LogP contribution >= 0.6 is 11.8 Å². The minimum Gasteiger partial charge on any atom is -0.493 e. The van der Waals surface area contributed by atoms with E-state index in [-0.39, 0.29) is 4.75 Å². The predicted molar refractivity (Wildman–Crippen MR) is 74.6 cm³/mol. The third-order valence-electron chi connectivity index (χ3n) is 3.55. The van der Waals surface area contributed by atoms with Crippen molar-refractivity contribution in [3.63, 3.8) is 0 Å². The SMILES string of the molecule is COc1ccc(C(O)C2(C)CCCS2)cc1OC. The summed E-state index contributed by atoms with van der Waals surface area (Å²) in [6.07, 6.45) is 1.75. The summed E-state index contributed by atoms with van der Waals surface area (Å²) < 4.78 is 10.4. The van der Waals surface area contributed by atoms with Crippen LogP contribution < -0.4 is 9.47 Å². The fourth-order valence-corrected chi connectivity index (χ4v) is 3.73. The van der Waals surface area contributed by atoms with Crippen LogP contribution in [0.5, 0.6) is 11.5 Å². The Kier molecular flexibility index (Phi) is 4.07. The van der Waals surface area contributed by atoms with Gasteiger partial charge in [-0.1, -0.05) is 6.07 Å². The van der Waals surface area contributed by atoms with Gasteiger partial charge in [0, 0.05) is 4.75 Å². The molecule has 0 radical (unpaired) electrons. The highest BCUT2D eigenvalue weighted by Gasteiger charge is 2.37. The first-order valence-corrected chi connectivity index (χ1v) is 7.13. The van der Waals surface area contributed by atoms with Crippen LogP contribution in [-0.2, 0) is 0 Å². The first kappa shape index (κ1) is 13.6. The van der Waals surface area contributed by atoms with E-state index < -0.39 is 6.10 Å². The molecule has 4 heteroatoms. The molecule has 3 nitrogen and oxygen atoms in total. The van der Waals surface area contributed by atoms with Crippen molar-refractivity contribution in [2.75, 3.05) is 20.0 Å². The first-order chi connectivity index (χ1) is 8.60. The summed E-state index contributed by atoms with van der Waals surface area (Å²) in [6, 6.07) is 5.63. The summed E-state index contributed by atoms with van der Waals surface area (Å²) in [7, 11) is 3.22. The number of thioether (sulfide) groups is 1. The molecule has 1 aromatic carbocycles. The molecule has 1 aliphatic rings. The molecule has 1 heterocycles. The molecule has 0 amide bonds. The smallest absolute Gasteiger partial charge is 0.161 e. The third-order valence-corrected chi connectivity index (χ3v) is 5.13. The third kappa shape index (κ3) is 2.45. The maximum Gasteiger partial charge on any atom is 0.161 e. The second kappa shape index (κ2) is 5.41. The van der Waals surface area contributed by atoms with E-state index >= 15 is 0 Å². The van der Waals surface area contributed by atoms with E-state index in [2.05, 4.69) is 6.92 Å². The fourth-order valence-electron chi connectivity index (χ4n) is 2.39. The van der Waals surface area contributed by atoms with E-state index in [1.54, 1.807) is 14.2 Å². The second-order valence-corrected chi connectivity index (χ2v) is 6.41.